The normalized spacial score (nSPS) is 15.3. The summed E-state index contributed by atoms with van der Waals surface area (Å²) < 4.78 is 0. The Balaban J connectivity index is 0.00000341. The second kappa shape index (κ2) is 12.9. The van der Waals surface area contributed by atoms with E-state index in [0.717, 1.165) is 45.0 Å². The molecular weight excluding hydrogens is 497 g/mol. The summed E-state index contributed by atoms with van der Waals surface area (Å²) in [6.45, 7) is 9.15. The van der Waals surface area contributed by atoms with Crippen LogP contribution < -0.4 is 15.5 Å². The number of benzene rings is 2. The van der Waals surface area contributed by atoms with Crippen molar-refractivity contribution in [3.05, 3.63) is 65.2 Å². The van der Waals surface area contributed by atoms with Gasteiger partial charge < -0.3 is 15.5 Å². The summed E-state index contributed by atoms with van der Waals surface area (Å²) in [5.41, 5.74) is 5.19. The van der Waals surface area contributed by atoms with E-state index in [-0.39, 0.29) is 24.0 Å². The lowest BCUT2D eigenvalue weighted by atomic mass is 10.0. The van der Waals surface area contributed by atoms with E-state index >= 15 is 0 Å². The van der Waals surface area contributed by atoms with Gasteiger partial charge in [0.25, 0.3) is 0 Å². The molecule has 170 valence electrons. The standard InChI is InChI=1S/C25H37N5.HI/c1-5-26-25(27-18-22-11-12-24(29(3)4)17-20(22)2)28-23-13-15-30(16-14-23)19-21-9-7-6-8-10-21;/h6-12,17,23H,5,13-16,18-19H2,1-4H3,(H2,26,27,28);1H. The molecule has 0 radical (unpaired) electrons. The largest absolute Gasteiger partial charge is 0.378 e. The monoisotopic (exact) mass is 535 g/mol. The third-order valence-corrected chi connectivity index (χ3v) is 5.77. The van der Waals surface area contributed by atoms with Crippen molar-refractivity contribution in [2.45, 2.75) is 45.8 Å². The van der Waals surface area contributed by atoms with Crippen molar-refractivity contribution in [2.24, 2.45) is 4.99 Å². The maximum Gasteiger partial charge on any atom is 0.191 e. The molecule has 6 heteroatoms. The molecule has 0 amide bonds. The molecule has 1 aliphatic rings. The van der Waals surface area contributed by atoms with Gasteiger partial charge in [0.2, 0.25) is 0 Å². The minimum Gasteiger partial charge on any atom is -0.378 e. The number of nitrogens with zero attached hydrogens (tertiary/aromatic N) is 3. The summed E-state index contributed by atoms with van der Waals surface area (Å²) in [5.74, 6) is 0.926. The summed E-state index contributed by atoms with van der Waals surface area (Å²) in [7, 11) is 4.15. The number of anilines is 1. The zero-order valence-electron chi connectivity index (χ0n) is 19.4. The third kappa shape index (κ3) is 8.00. The zero-order chi connectivity index (χ0) is 21.3. The van der Waals surface area contributed by atoms with Crippen molar-refractivity contribution in [2.75, 3.05) is 38.6 Å². The van der Waals surface area contributed by atoms with Crippen molar-refractivity contribution >= 4 is 35.6 Å². The van der Waals surface area contributed by atoms with Crippen LogP contribution in [0.1, 0.15) is 36.5 Å². The van der Waals surface area contributed by atoms with E-state index in [1.54, 1.807) is 0 Å². The highest BCUT2D eigenvalue weighted by molar-refractivity contribution is 14.0. The first-order chi connectivity index (χ1) is 14.5. The van der Waals surface area contributed by atoms with Crippen LogP contribution in [0.25, 0.3) is 0 Å². The summed E-state index contributed by atoms with van der Waals surface area (Å²) in [4.78, 5) is 9.55. The highest BCUT2D eigenvalue weighted by Gasteiger charge is 2.20. The fraction of sp³-hybridized carbons (Fsp3) is 0.480. The van der Waals surface area contributed by atoms with Crippen LogP contribution in [0.4, 0.5) is 5.69 Å². The van der Waals surface area contributed by atoms with E-state index in [1.165, 1.54) is 22.4 Å². The van der Waals surface area contributed by atoms with Gasteiger partial charge in [-0.25, -0.2) is 4.99 Å². The zero-order valence-corrected chi connectivity index (χ0v) is 21.7. The molecule has 2 aromatic rings. The van der Waals surface area contributed by atoms with Gasteiger partial charge in [-0.15, -0.1) is 24.0 Å². The predicted octanol–water partition coefficient (Wildman–Crippen LogP) is 4.40. The number of guanidine groups is 1. The Kier molecular flexibility index (Phi) is 10.6. The average molecular weight is 536 g/mol. The van der Waals surface area contributed by atoms with Crippen LogP contribution in [0.15, 0.2) is 53.5 Å². The molecule has 0 spiro atoms. The lowest BCUT2D eigenvalue weighted by Crippen LogP contribution is -2.48. The Bertz CT molecular complexity index is 814. The molecule has 0 bridgehead atoms. The van der Waals surface area contributed by atoms with Crippen LogP contribution in [-0.2, 0) is 13.1 Å². The third-order valence-electron chi connectivity index (χ3n) is 5.77. The van der Waals surface area contributed by atoms with Crippen molar-refractivity contribution in [1.29, 1.82) is 0 Å². The van der Waals surface area contributed by atoms with Crippen molar-refractivity contribution < 1.29 is 0 Å². The molecule has 0 saturated carbocycles. The molecule has 1 saturated heterocycles. The minimum atomic E-state index is 0. The fourth-order valence-corrected chi connectivity index (χ4v) is 3.89. The molecule has 31 heavy (non-hydrogen) atoms. The number of aliphatic imine (C=N–C) groups is 1. The molecule has 2 N–H and O–H groups in total. The van der Waals surface area contributed by atoms with Gasteiger partial charge in [0.05, 0.1) is 6.54 Å². The van der Waals surface area contributed by atoms with Crippen LogP contribution in [0.2, 0.25) is 0 Å². The van der Waals surface area contributed by atoms with Gasteiger partial charge in [0.1, 0.15) is 0 Å². The van der Waals surface area contributed by atoms with Crippen molar-refractivity contribution in [1.82, 2.24) is 15.5 Å². The van der Waals surface area contributed by atoms with E-state index in [9.17, 15) is 0 Å². The minimum absolute atomic E-state index is 0. The van der Waals surface area contributed by atoms with Gasteiger partial charge in [-0.2, -0.15) is 0 Å². The van der Waals surface area contributed by atoms with E-state index in [0.29, 0.717) is 12.6 Å². The molecule has 0 unspecified atom stereocenters. The Morgan fingerprint density at radius 1 is 1.10 bits per heavy atom. The number of rotatable bonds is 7. The van der Waals surface area contributed by atoms with Gasteiger partial charge in [-0.1, -0.05) is 36.4 Å². The van der Waals surface area contributed by atoms with Crippen molar-refractivity contribution in [3.63, 3.8) is 0 Å². The maximum absolute atomic E-state index is 4.87. The Labute approximate surface area is 205 Å². The van der Waals surface area contributed by atoms with Crippen LogP contribution in [0.3, 0.4) is 0 Å². The molecule has 1 fully saturated rings. The first-order valence-corrected chi connectivity index (χ1v) is 11.1. The van der Waals surface area contributed by atoms with Crippen molar-refractivity contribution in [3.8, 4) is 0 Å². The number of likely N-dealkylation sites (tertiary alicyclic amines) is 1. The Hall–Kier alpha value is -1.80. The molecule has 0 aliphatic carbocycles. The second-order valence-electron chi connectivity index (χ2n) is 8.38. The van der Waals surface area contributed by atoms with E-state index < -0.39 is 0 Å². The molecule has 3 rings (SSSR count). The van der Waals surface area contributed by atoms with Gasteiger partial charge in [-0.05, 0) is 55.5 Å². The summed E-state index contributed by atoms with van der Waals surface area (Å²) >= 11 is 0. The Morgan fingerprint density at radius 3 is 2.42 bits per heavy atom. The van der Waals surface area contributed by atoms with Crippen LogP contribution in [0.5, 0.6) is 0 Å². The lowest BCUT2D eigenvalue weighted by Gasteiger charge is -2.33. The maximum atomic E-state index is 4.87. The van der Waals surface area contributed by atoms with Gasteiger partial charge >= 0.3 is 0 Å². The first-order valence-electron chi connectivity index (χ1n) is 11.1. The van der Waals surface area contributed by atoms with Gasteiger partial charge in [0.15, 0.2) is 5.96 Å². The number of hydrogen-bond acceptors (Lipinski definition) is 3. The smallest absolute Gasteiger partial charge is 0.191 e. The number of aryl methyl sites for hydroxylation is 1. The fourth-order valence-electron chi connectivity index (χ4n) is 3.89. The predicted molar refractivity (Wildman–Crippen MR) is 144 cm³/mol. The highest BCUT2D eigenvalue weighted by Crippen LogP contribution is 2.18. The number of halogens is 1. The van der Waals surface area contributed by atoms with E-state index in [4.69, 9.17) is 4.99 Å². The van der Waals surface area contributed by atoms with Crippen LogP contribution in [0, 0.1) is 6.92 Å². The molecule has 2 aromatic carbocycles. The SMILES string of the molecule is CCNC(=NCc1ccc(N(C)C)cc1C)NC1CCN(Cc2ccccc2)CC1.I. The number of piperidine rings is 1. The van der Waals surface area contributed by atoms with E-state index in [2.05, 4.69) is 96.9 Å². The Morgan fingerprint density at radius 2 is 1.81 bits per heavy atom. The molecule has 1 aliphatic heterocycles. The summed E-state index contributed by atoms with van der Waals surface area (Å²) in [6.07, 6.45) is 2.29. The summed E-state index contributed by atoms with van der Waals surface area (Å²) in [6, 6.07) is 17.8. The van der Waals surface area contributed by atoms with Crippen LogP contribution >= 0.6 is 24.0 Å². The van der Waals surface area contributed by atoms with Crippen LogP contribution in [-0.4, -0.2) is 50.6 Å². The summed E-state index contributed by atoms with van der Waals surface area (Å²) in [5, 5.41) is 7.08. The highest BCUT2D eigenvalue weighted by atomic mass is 127. The number of hydrogen-bond donors (Lipinski definition) is 2. The van der Waals surface area contributed by atoms with Gasteiger partial charge in [-0.3, -0.25) is 4.90 Å². The molecule has 0 aromatic heterocycles. The van der Waals surface area contributed by atoms with E-state index in [1.807, 2.05) is 0 Å². The molecule has 0 atom stereocenters. The quantitative estimate of drug-likeness (QED) is 0.314. The topological polar surface area (TPSA) is 42.9 Å². The molecule has 5 nitrogen and oxygen atoms in total. The second-order valence-corrected chi connectivity index (χ2v) is 8.38. The molecular formula is C25H38IN5. The average Bonchev–Trinajstić information content (AvgIpc) is 2.75. The first kappa shape index (κ1) is 25.5. The molecule has 1 heterocycles. The van der Waals surface area contributed by atoms with Gasteiger partial charge in [0, 0.05) is 52.0 Å². The lowest BCUT2D eigenvalue weighted by molar-refractivity contribution is 0.198. The number of nitrogens with one attached hydrogen (secondary N) is 2.